The molecule has 3 N–H and O–H groups in total. The Morgan fingerprint density at radius 2 is 2.10 bits per heavy atom. The van der Waals surface area contributed by atoms with E-state index in [0.717, 1.165) is 12.2 Å². The predicted molar refractivity (Wildman–Crippen MR) is 87.0 cm³/mol. The lowest BCUT2D eigenvalue weighted by Gasteiger charge is -2.33. The lowest BCUT2D eigenvalue weighted by molar-refractivity contribution is -0.119. The second-order valence-electron chi connectivity index (χ2n) is 6.14. The van der Waals surface area contributed by atoms with Gasteiger partial charge in [-0.3, -0.25) is 9.69 Å². The van der Waals surface area contributed by atoms with Crippen LogP contribution in [0.4, 0.5) is 5.69 Å². The summed E-state index contributed by atoms with van der Waals surface area (Å²) >= 11 is 0. The third-order valence-corrected chi connectivity index (χ3v) is 4.35. The number of nitrogens with one attached hydrogen (secondary N) is 1. The van der Waals surface area contributed by atoms with Crippen molar-refractivity contribution in [2.75, 3.05) is 18.4 Å². The maximum Gasteiger partial charge on any atom is 0.228 e. The molecular weight excluding hydrogens is 262 g/mol. The first-order valence-corrected chi connectivity index (χ1v) is 7.94. The van der Waals surface area contributed by atoms with Gasteiger partial charge < -0.3 is 11.1 Å². The maximum atomic E-state index is 11.8. The monoisotopic (exact) mass is 289 g/mol. The van der Waals surface area contributed by atoms with Crippen molar-refractivity contribution >= 4 is 11.6 Å². The van der Waals surface area contributed by atoms with Crippen molar-refractivity contribution in [2.45, 2.75) is 45.7 Å². The molecule has 0 radical (unpaired) electrons. The zero-order valence-corrected chi connectivity index (χ0v) is 13.1. The molecule has 1 amide bonds. The van der Waals surface area contributed by atoms with Gasteiger partial charge in [-0.05, 0) is 44.0 Å². The molecular formula is C17H27N3O. The fraction of sp³-hybridized carbons (Fsp3) is 0.588. The maximum absolute atomic E-state index is 11.8. The largest absolute Gasteiger partial charge is 0.330 e. The van der Waals surface area contributed by atoms with E-state index >= 15 is 0 Å². The SMILES string of the molecule is CC(CN)C(=O)Nc1ccc(CN2CCCCC2C)cc1. The fourth-order valence-corrected chi connectivity index (χ4v) is 2.69. The van der Waals surface area contributed by atoms with Gasteiger partial charge in [-0.1, -0.05) is 25.5 Å². The van der Waals surface area contributed by atoms with E-state index in [4.69, 9.17) is 5.73 Å². The van der Waals surface area contributed by atoms with Crippen LogP contribution < -0.4 is 11.1 Å². The van der Waals surface area contributed by atoms with Gasteiger partial charge >= 0.3 is 0 Å². The summed E-state index contributed by atoms with van der Waals surface area (Å²) in [6, 6.07) is 8.83. The molecule has 4 heteroatoms. The standard InChI is InChI=1S/C17H27N3O/c1-13(11-18)17(21)19-16-8-6-15(7-9-16)12-20-10-4-3-5-14(20)2/h6-9,13-14H,3-5,10-12,18H2,1-2H3,(H,19,21). The molecule has 2 unspecified atom stereocenters. The number of anilines is 1. The molecule has 0 bridgehead atoms. The van der Waals surface area contributed by atoms with E-state index in [1.54, 1.807) is 0 Å². The zero-order chi connectivity index (χ0) is 15.2. The number of hydrogen-bond acceptors (Lipinski definition) is 3. The third kappa shape index (κ3) is 4.55. The summed E-state index contributed by atoms with van der Waals surface area (Å²) in [5, 5.41) is 2.90. The van der Waals surface area contributed by atoms with Crippen molar-refractivity contribution in [1.82, 2.24) is 4.90 Å². The minimum Gasteiger partial charge on any atom is -0.330 e. The Hall–Kier alpha value is -1.39. The minimum atomic E-state index is -0.154. The van der Waals surface area contributed by atoms with Crippen LogP contribution in [0, 0.1) is 5.92 Å². The highest BCUT2D eigenvalue weighted by atomic mass is 16.1. The lowest BCUT2D eigenvalue weighted by atomic mass is 10.0. The number of amides is 1. The van der Waals surface area contributed by atoms with Crippen molar-refractivity contribution in [2.24, 2.45) is 11.7 Å². The summed E-state index contributed by atoms with van der Waals surface area (Å²) < 4.78 is 0. The Bertz CT molecular complexity index is 458. The number of rotatable bonds is 5. The average molecular weight is 289 g/mol. The van der Waals surface area contributed by atoms with E-state index < -0.39 is 0 Å². The lowest BCUT2D eigenvalue weighted by Crippen LogP contribution is -2.36. The Morgan fingerprint density at radius 3 is 2.71 bits per heavy atom. The molecule has 0 aliphatic carbocycles. The first-order valence-electron chi connectivity index (χ1n) is 7.94. The number of nitrogens with zero attached hydrogens (tertiary/aromatic N) is 1. The summed E-state index contributed by atoms with van der Waals surface area (Å²) in [4.78, 5) is 14.3. The predicted octanol–water partition coefficient (Wildman–Crippen LogP) is 2.59. The van der Waals surface area contributed by atoms with Crippen LogP contribution in [0.5, 0.6) is 0 Å². The van der Waals surface area contributed by atoms with Crippen LogP contribution in [0.2, 0.25) is 0 Å². The Morgan fingerprint density at radius 1 is 1.38 bits per heavy atom. The Kier molecular flexibility index (Phi) is 5.76. The molecule has 1 saturated heterocycles. The van der Waals surface area contributed by atoms with Gasteiger partial charge in [0, 0.05) is 30.7 Å². The summed E-state index contributed by atoms with van der Waals surface area (Å²) in [5.41, 5.74) is 7.64. The van der Waals surface area contributed by atoms with Gasteiger partial charge in [-0.25, -0.2) is 0 Å². The van der Waals surface area contributed by atoms with Gasteiger partial charge in [0.1, 0.15) is 0 Å². The molecule has 21 heavy (non-hydrogen) atoms. The number of piperidine rings is 1. The van der Waals surface area contributed by atoms with Gasteiger partial charge in [0.05, 0.1) is 0 Å². The molecule has 0 spiro atoms. The molecule has 1 aliphatic heterocycles. The van der Waals surface area contributed by atoms with Gasteiger partial charge in [0.25, 0.3) is 0 Å². The van der Waals surface area contributed by atoms with Crippen LogP contribution in [-0.2, 0) is 11.3 Å². The number of likely N-dealkylation sites (tertiary alicyclic amines) is 1. The highest BCUT2D eigenvalue weighted by molar-refractivity contribution is 5.92. The van der Waals surface area contributed by atoms with Gasteiger partial charge in [-0.15, -0.1) is 0 Å². The number of benzene rings is 1. The average Bonchev–Trinajstić information content (AvgIpc) is 2.50. The number of hydrogen-bond donors (Lipinski definition) is 2. The molecule has 4 nitrogen and oxygen atoms in total. The molecule has 1 aliphatic rings. The molecule has 1 aromatic rings. The van der Waals surface area contributed by atoms with E-state index in [-0.39, 0.29) is 11.8 Å². The van der Waals surface area contributed by atoms with Crippen LogP contribution in [0.3, 0.4) is 0 Å². The van der Waals surface area contributed by atoms with E-state index in [0.29, 0.717) is 12.6 Å². The highest BCUT2D eigenvalue weighted by Crippen LogP contribution is 2.20. The van der Waals surface area contributed by atoms with E-state index in [2.05, 4.69) is 29.3 Å². The van der Waals surface area contributed by atoms with Crippen LogP contribution in [-0.4, -0.2) is 29.9 Å². The first kappa shape index (κ1) is 16.0. The highest BCUT2D eigenvalue weighted by Gasteiger charge is 2.18. The summed E-state index contributed by atoms with van der Waals surface area (Å²) in [6.45, 7) is 6.70. The van der Waals surface area contributed by atoms with E-state index in [9.17, 15) is 4.79 Å². The molecule has 2 atom stereocenters. The Balaban J connectivity index is 1.91. The Labute approximate surface area is 127 Å². The van der Waals surface area contributed by atoms with Gasteiger partial charge in [0.15, 0.2) is 0 Å². The van der Waals surface area contributed by atoms with Crippen LogP contribution >= 0.6 is 0 Å². The molecule has 0 saturated carbocycles. The molecule has 0 aromatic heterocycles. The van der Waals surface area contributed by atoms with Crippen LogP contribution in [0.1, 0.15) is 38.7 Å². The summed E-state index contributed by atoms with van der Waals surface area (Å²) in [7, 11) is 0. The van der Waals surface area contributed by atoms with Crippen molar-refractivity contribution in [3.05, 3.63) is 29.8 Å². The first-order chi connectivity index (χ1) is 10.1. The molecule has 1 heterocycles. The minimum absolute atomic E-state index is 0.0186. The van der Waals surface area contributed by atoms with Gasteiger partial charge in [-0.2, -0.15) is 0 Å². The van der Waals surface area contributed by atoms with Crippen molar-refractivity contribution in [1.29, 1.82) is 0 Å². The van der Waals surface area contributed by atoms with E-state index in [1.165, 1.54) is 31.4 Å². The third-order valence-electron chi connectivity index (χ3n) is 4.35. The van der Waals surface area contributed by atoms with Gasteiger partial charge in [0.2, 0.25) is 5.91 Å². The normalized spacial score (nSPS) is 21.0. The van der Waals surface area contributed by atoms with E-state index in [1.807, 2.05) is 19.1 Å². The van der Waals surface area contributed by atoms with Crippen LogP contribution in [0.25, 0.3) is 0 Å². The fourth-order valence-electron chi connectivity index (χ4n) is 2.69. The quantitative estimate of drug-likeness (QED) is 0.876. The zero-order valence-electron chi connectivity index (χ0n) is 13.1. The molecule has 2 rings (SSSR count). The molecule has 1 aromatic carbocycles. The molecule has 1 fully saturated rings. The van der Waals surface area contributed by atoms with Crippen LogP contribution in [0.15, 0.2) is 24.3 Å². The topological polar surface area (TPSA) is 58.4 Å². The van der Waals surface area contributed by atoms with Crippen molar-refractivity contribution in [3.63, 3.8) is 0 Å². The second-order valence-corrected chi connectivity index (χ2v) is 6.14. The van der Waals surface area contributed by atoms with Crippen molar-refractivity contribution in [3.8, 4) is 0 Å². The molecule has 116 valence electrons. The summed E-state index contributed by atoms with van der Waals surface area (Å²) in [5.74, 6) is -0.172. The summed E-state index contributed by atoms with van der Waals surface area (Å²) in [6.07, 6.45) is 3.95. The smallest absolute Gasteiger partial charge is 0.228 e. The van der Waals surface area contributed by atoms with Crippen molar-refractivity contribution < 1.29 is 4.79 Å². The number of carbonyl (C=O) groups is 1. The number of carbonyl (C=O) groups excluding carboxylic acids is 1. The second kappa shape index (κ2) is 7.57. The number of nitrogens with two attached hydrogens (primary N) is 1.